The lowest BCUT2D eigenvalue weighted by molar-refractivity contribution is 0.397. The zero-order valence-electron chi connectivity index (χ0n) is 29.9. The highest BCUT2D eigenvalue weighted by molar-refractivity contribution is 7.89. The van der Waals surface area contributed by atoms with Gasteiger partial charge < -0.3 is 25.7 Å². The standard InChI is InChI=1S/C40H43N7O5S/c1-50-34-17-7-28(8-18-34)25-46(26-29-9-19-35(51-2)20-10-29)53(48,49)38-6-4-5-37(32-15-13-31(14-16-32)33(23-41)24-42)39(38)40-43-44-45-47(40)27-30-11-21-36(52-3)22-12-30/h4-22,33H,23-27,41-42H2,1-3H3. The van der Waals surface area contributed by atoms with Crippen molar-refractivity contribution in [2.24, 2.45) is 11.5 Å². The highest BCUT2D eigenvalue weighted by Gasteiger charge is 2.32. The highest BCUT2D eigenvalue weighted by atomic mass is 32.2. The molecule has 0 saturated heterocycles. The molecule has 0 amide bonds. The van der Waals surface area contributed by atoms with Crippen LogP contribution in [0.2, 0.25) is 0 Å². The molecule has 0 radical (unpaired) electrons. The molecule has 5 aromatic carbocycles. The SMILES string of the molecule is COc1ccc(CN(Cc2ccc(OC)cc2)S(=O)(=O)c2cccc(-c3ccc(C(CN)CN)cc3)c2-c2nnnn2Cc2ccc(OC)cc2)cc1. The molecule has 53 heavy (non-hydrogen) atoms. The maximum absolute atomic E-state index is 15.2. The molecule has 12 nitrogen and oxygen atoms in total. The first kappa shape index (κ1) is 37.2. The minimum atomic E-state index is -4.23. The van der Waals surface area contributed by atoms with Crippen molar-refractivity contribution in [2.45, 2.75) is 30.4 Å². The molecule has 274 valence electrons. The van der Waals surface area contributed by atoms with Gasteiger partial charge in [-0.05, 0) is 86.3 Å². The molecule has 6 aromatic rings. The van der Waals surface area contributed by atoms with Gasteiger partial charge in [0.2, 0.25) is 10.0 Å². The minimum absolute atomic E-state index is 0.00325. The van der Waals surface area contributed by atoms with Gasteiger partial charge in [-0.1, -0.05) is 72.8 Å². The number of tetrazole rings is 1. The third-order valence-electron chi connectivity index (χ3n) is 9.19. The average molecular weight is 734 g/mol. The molecule has 1 aromatic heterocycles. The van der Waals surface area contributed by atoms with Crippen molar-refractivity contribution in [3.8, 4) is 39.8 Å². The predicted molar refractivity (Wildman–Crippen MR) is 204 cm³/mol. The average Bonchev–Trinajstić information content (AvgIpc) is 3.66. The van der Waals surface area contributed by atoms with Crippen molar-refractivity contribution in [3.63, 3.8) is 0 Å². The van der Waals surface area contributed by atoms with Crippen LogP contribution in [0.1, 0.15) is 28.2 Å². The summed E-state index contributed by atoms with van der Waals surface area (Å²) in [5, 5.41) is 12.8. The zero-order valence-corrected chi connectivity index (χ0v) is 30.7. The number of nitrogens with zero attached hydrogens (tertiary/aromatic N) is 5. The summed E-state index contributed by atoms with van der Waals surface area (Å²) in [5.41, 5.74) is 17.3. The highest BCUT2D eigenvalue weighted by Crippen LogP contribution is 2.39. The molecule has 13 heteroatoms. The summed E-state index contributed by atoms with van der Waals surface area (Å²) in [6.07, 6.45) is 0. The van der Waals surface area contributed by atoms with Crippen LogP contribution in [-0.2, 0) is 29.7 Å². The maximum Gasteiger partial charge on any atom is 0.244 e. The van der Waals surface area contributed by atoms with E-state index < -0.39 is 10.0 Å². The van der Waals surface area contributed by atoms with Crippen molar-refractivity contribution in [1.29, 1.82) is 0 Å². The lowest BCUT2D eigenvalue weighted by atomic mass is 9.94. The molecule has 0 aliphatic rings. The van der Waals surface area contributed by atoms with Crippen LogP contribution in [0.15, 0.2) is 120 Å². The first-order valence-electron chi connectivity index (χ1n) is 17.1. The van der Waals surface area contributed by atoms with Crippen molar-refractivity contribution < 1.29 is 22.6 Å². The fraction of sp³-hybridized carbons (Fsp3) is 0.225. The summed E-state index contributed by atoms with van der Waals surface area (Å²) < 4.78 is 49.5. The quantitative estimate of drug-likeness (QED) is 0.131. The van der Waals surface area contributed by atoms with E-state index >= 15 is 8.42 Å². The summed E-state index contributed by atoms with van der Waals surface area (Å²) in [5.74, 6) is 2.36. The van der Waals surface area contributed by atoms with Crippen molar-refractivity contribution in [1.82, 2.24) is 24.5 Å². The molecule has 0 bridgehead atoms. The molecule has 0 aliphatic carbocycles. The number of nitrogens with two attached hydrogens (primary N) is 2. The molecule has 0 spiro atoms. The van der Waals surface area contributed by atoms with Crippen LogP contribution >= 0.6 is 0 Å². The van der Waals surface area contributed by atoms with Crippen molar-refractivity contribution >= 4 is 10.0 Å². The van der Waals surface area contributed by atoms with Gasteiger partial charge in [-0.25, -0.2) is 13.1 Å². The zero-order chi connectivity index (χ0) is 37.4. The van der Waals surface area contributed by atoms with E-state index in [0.717, 1.165) is 27.8 Å². The van der Waals surface area contributed by atoms with Gasteiger partial charge in [0.1, 0.15) is 17.2 Å². The smallest absolute Gasteiger partial charge is 0.244 e. The third kappa shape index (κ3) is 8.39. The Hall–Kier alpha value is -5.60. The molecule has 1 heterocycles. The van der Waals surface area contributed by atoms with Crippen LogP contribution in [0.4, 0.5) is 0 Å². The molecule has 0 atom stereocenters. The van der Waals surface area contributed by atoms with Gasteiger partial charge in [-0.3, -0.25) is 0 Å². The van der Waals surface area contributed by atoms with E-state index in [4.69, 9.17) is 25.7 Å². The van der Waals surface area contributed by atoms with E-state index in [0.29, 0.717) is 47.3 Å². The number of sulfonamides is 1. The topological polar surface area (TPSA) is 161 Å². The third-order valence-corrected chi connectivity index (χ3v) is 11.0. The Morgan fingerprint density at radius 1 is 0.679 bits per heavy atom. The monoisotopic (exact) mass is 733 g/mol. The molecule has 0 fully saturated rings. The van der Waals surface area contributed by atoms with E-state index in [1.54, 1.807) is 38.1 Å². The van der Waals surface area contributed by atoms with Crippen LogP contribution in [0.5, 0.6) is 17.2 Å². The van der Waals surface area contributed by atoms with Gasteiger partial charge in [0, 0.05) is 37.7 Å². The molecule has 4 N–H and O–H groups in total. The Labute approximate surface area is 310 Å². The van der Waals surface area contributed by atoms with Crippen LogP contribution in [0.3, 0.4) is 0 Å². The lowest BCUT2D eigenvalue weighted by Crippen LogP contribution is -2.31. The Balaban J connectivity index is 1.51. The Morgan fingerprint density at radius 3 is 1.68 bits per heavy atom. The van der Waals surface area contributed by atoms with Crippen molar-refractivity contribution in [2.75, 3.05) is 34.4 Å². The fourth-order valence-corrected chi connectivity index (χ4v) is 7.77. The first-order valence-corrected chi connectivity index (χ1v) is 18.5. The largest absolute Gasteiger partial charge is 0.497 e. The second-order valence-electron chi connectivity index (χ2n) is 12.4. The number of ether oxygens (including phenoxy) is 3. The number of benzene rings is 5. The van der Waals surface area contributed by atoms with E-state index in [1.807, 2.05) is 103 Å². The minimum Gasteiger partial charge on any atom is -0.497 e. The molecule has 0 unspecified atom stereocenters. The number of methoxy groups -OCH3 is 3. The molecular weight excluding hydrogens is 691 g/mol. The molecule has 6 rings (SSSR count). The van der Waals surface area contributed by atoms with E-state index in [2.05, 4.69) is 15.5 Å². The first-order chi connectivity index (χ1) is 25.8. The van der Waals surface area contributed by atoms with Crippen LogP contribution < -0.4 is 25.7 Å². The van der Waals surface area contributed by atoms with Crippen molar-refractivity contribution in [3.05, 3.63) is 138 Å². The fourth-order valence-electron chi connectivity index (χ4n) is 6.15. The maximum atomic E-state index is 15.2. The predicted octanol–water partition coefficient (Wildman–Crippen LogP) is 5.47. The van der Waals surface area contributed by atoms with E-state index in [-0.39, 0.29) is 30.4 Å². The molecular formula is C40H43N7O5S. The van der Waals surface area contributed by atoms with E-state index in [9.17, 15) is 0 Å². The molecule has 0 saturated carbocycles. The second kappa shape index (κ2) is 16.8. The summed E-state index contributed by atoms with van der Waals surface area (Å²) in [6.45, 7) is 1.29. The van der Waals surface area contributed by atoms with Gasteiger partial charge >= 0.3 is 0 Å². The summed E-state index contributed by atoms with van der Waals surface area (Å²) in [4.78, 5) is 0.0636. The number of hydrogen-bond acceptors (Lipinski definition) is 10. The Kier molecular flexibility index (Phi) is 11.8. The van der Waals surface area contributed by atoms with Gasteiger partial charge in [-0.15, -0.1) is 5.10 Å². The normalized spacial score (nSPS) is 11.6. The summed E-state index contributed by atoms with van der Waals surface area (Å²) in [7, 11) is 0.562. The van der Waals surface area contributed by atoms with E-state index in [1.165, 1.54) is 4.31 Å². The number of hydrogen-bond donors (Lipinski definition) is 2. The van der Waals surface area contributed by atoms with Crippen LogP contribution in [0.25, 0.3) is 22.5 Å². The Bertz CT molecular complexity index is 2160. The number of aromatic nitrogens is 4. The second-order valence-corrected chi connectivity index (χ2v) is 14.4. The molecule has 0 aliphatic heterocycles. The Morgan fingerprint density at radius 2 is 1.19 bits per heavy atom. The number of rotatable bonds is 16. The van der Waals surface area contributed by atoms with Crippen LogP contribution in [-0.4, -0.2) is 67.3 Å². The summed E-state index contributed by atoms with van der Waals surface area (Å²) in [6, 6.07) is 35.4. The van der Waals surface area contributed by atoms with Crippen LogP contribution in [0, 0.1) is 0 Å². The van der Waals surface area contributed by atoms with Gasteiger partial charge in [0.25, 0.3) is 0 Å². The van der Waals surface area contributed by atoms with Gasteiger partial charge in [-0.2, -0.15) is 4.31 Å². The van der Waals surface area contributed by atoms with Gasteiger partial charge in [0.15, 0.2) is 5.82 Å². The van der Waals surface area contributed by atoms with Gasteiger partial charge in [0.05, 0.1) is 32.8 Å². The summed E-state index contributed by atoms with van der Waals surface area (Å²) >= 11 is 0. The lowest BCUT2D eigenvalue weighted by Gasteiger charge is -2.25.